The van der Waals surface area contributed by atoms with Crippen molar-refractivity contribution in [3.63, 3.8) is 0 Å². The molecule has 3 rings (SSSR count). The van der Waals surface area contributed by atoms with Crippen molar-refractivity contribution in [1.29, 1.82) is 5.53 Å². The molecule has 5 N–H and O–H groups in total. The first-order chi connectivity index (χ1) is 16.7. The number of halogens is 1. The highest BCUT2D eigenvalue weighted by atomic mass is 35.5. The van der Waals surface area contributed by atoms with Gasteiger partial charge in [-0.15, -0.1) is 0 Å². The van der Waals surface area contributed by atoms with Gasteiger partial charge in [0.1, 0.15) is 36.3 Å². The summed E-state index contributed by atoms with van der Waals surface area (Å²) in [7, 11) is 0. The second-order valence-electron chi connectivity index (χ2n) is 8.10. The van der Waals surface area contributed by atoms with Gasteiger partial charge in [0, 0.05) is 11.2 Å². The molecule has 35 heavy (non-hydrogen) atoms. The molecule has 11 heteroatoms. The first-order valence-electron chi connectivity index (χ1n) is 11.0. The largest absolute Gasteiger partial charge is 0.494 e. The van der Waals surface area contributed by atoms with Crippen LogP contribution in [0, 0.1) is 5.53 Å². The van der Waals surface area contributed by atoms with Crippen molar-refractivity contribution < 1.29 is 34.7 Å². The summed E-state index contributed by atoms with van der Waals surface area (Å²) >= 11 is 6.41. The maximum absolute atomic E-state index is 11.0. The Morgan fingerprint density at radius 3 is 2.51 bits per heavy atom. The van der Waals surface area contributed by atoms with E-state index in [1.807, 2.05) is 31.2 Å². The lowest BCUT2D eigenvalue weighted by atomic mass is 9.90. The van der Waals surface area contributed by atoms with Crippen LogP contribution in [0.5, 0.6) is 5.75 Å². The van der Waals surface area contributed by atoms with Gasteiger partial charge in [0.2, 0.25) is 0 Å². The number of carboxylic acid groups (broad SMARTS) is 1. The predicted molar refractivity (Wildman–Crippen MR) is 127 cm³/mol. The normalized spacial score (nSPS) is 25.3. The summed E-state index contributed by atoms with van der Waals surface area (Å²) < 4.78 is 11.3. The van der Waals surface area contributed by atoms with E-state index in [-0.39, 0.29) is 6.54 Å². The third-order valence-corrected chi connectivity index (χ3v) is 6.02. The minimum atomic E-state index is -1.54. The highest BCUT2D eigenvalue weighted by molar-refractivity contribution is 6.31. The monoisotopic (exact) mass is 505 g/mol. The molecule has 10 nitrogen and oxygen atoms in total. The Morgan fingerprint density at radius 2 is 1.89 bits per heavy atom. The second kappa shape index (κ2) is 12.2. The van der Waals surface area contributed by atoms with Crippen LogP contribution in [0.1, 0.15) is 29.7 Å². The van der Waals surface area contributed by atoms with Crippen molar-refractivity contribution in [2.45, 2.75) is 49.9 Å². The highest BCUT2D eigenvalue weighted by Crippen LogP contribution is 2.34. The van der Waals surface area contributed by atoms with Crippen LogP contribution in [0.3, 0.4) is 0 Å². The summed E-state index contributed by atoms with van der Waals surface area (Å²) in [4.78, 5) is 14.9. The summed E-state index contributed by atoms with van der Waals surface area (Å²) in [5, 5.41) is 43.8. The Bertz CT molecular complexity index is 1050. The van der Waals surface area contributed by atoms with Crippen molar-refractivity contribution in [3.8, 4) is 5.75 Å². The van der Waals surface area contributed by atoms with E-state index in [0.717, 1.165) is 23.1 Å². The summed E-state index contributed by atoms with van der Waals surface area (Å²) in [6.45, 7) is 2.15. The Morgan fingerprint density at radius 1 is 1.17 bits per heavy atom. The van der Waals surface area contributed by atoms with Crippen molar-refractivity contribution in [2.75, 3.05) is 13.2 Å². The van der Waals surface area contributed by atoms with E-state index in [0.29, 0.717) is 23.6 Å². The Labute approximate surface area is 207 Å². The molecule has 1 heterocycles. The lowest BCUT2D eigenvalue weighted by Gasteiger charge is -2.39. The fraction of sp³-hybridized carbons (Fsp3) is 0.417. The standard InChI is InChI=1S/C24H28ClN3O7/c1-2-34-16-6-3-13(4-7-16)9-15-10-14(5-8-17(15)25)23-22(31)21(30)20(29)19(35-23)12-27-11-18(28-26)24(32)33/h3-8,10,12,18-23,26,29-31H,2,9,11H2,1H3,(H,32,33). The van der Waals surface area contributed by atoms with Gasteiger partial charge in [-0.2, -0.15) is 5.11 Å². The maximum atomic E-state index is 11.0. The van der Waals surface area contributed by atoms with Crippen LogP contribution in [-0.2, 0) is 16.0 Å². The molecule has 2 aromatic rings. The fourth-order valence-electron chi connectivity index (χ4n) is 3.74. The molecule has 1 aliphatic heterocycles. The molecular formula is C24H28ClN3O7. The predicted octanol–water partition coefficient (Wildman–Crippen LogP) is 2.41. The van der Waals surface area contributed by atoms with Crippen LogP contribution in [0.15, 0.2) is 52.6 Å². The van der Waals surface area contributed by atoms with Gasteiger partial charge >= 0.3 is 5.97 Å². The Hall–Kier alpha value is -2.89. The van der Waals surface area contributed by atoms with Crippen molar-refractivity contribution >= 4 is 23.8 Å². The third-order valence-electron chi connectivity index (χ3n) is 5.65. The number of aliphatic hydroxyl groups is 3. The van der Waals surface area contributed by atoms with E-state index in [1.54, 1.807) is 18.2 Å². The minimum absolute atomic E-state index is 0.331. The van der Waals surface area contributed by atoms with E-state index in [2.05, 4.69) is 10.1 Å². The molecule has 0 amide bonds. The maximum Gasteiger partial charge on any atom is 0.332 e. The van der Waals surface area contributed by atoms with Crippen LogP contribution in [0.2, 0.25) is 5.02 Å². The summed E-state index contributed by atoms with van der Waals surface area (Å²) in [5.41, 5.74) is 9.21. The lowest BCUT2D eigenvalue weighted by Crippen LogP contribution is -2.54. The van der Waals surface area contributed by atoms with E-state index in [1.165, 1.54) is 0 Å². The molecule has 0 aliphatic carbocycles. The number of hydrogen-bond acceptors (Lipinski definition) is 9. The minimum Gasteiger partial charge on any atom is -0.494 e. The summed E-state index contributed by atoms with van der Waals surface area (Å²) in [5.74, 6) is -0.544. The number of nitrogens with one attached hydrogen (secondary N) is 1. The van der Waals surface area contributed by atoms with Crippen LogP contribution >= 0.6 is 11.6 Å². The van der Waals surface area contributed by atoms with Crippen molar-refractivity contribution in [1.82, 2.24) is 0 Å². The highest BCUT2D eigenvalue weighted by Gasteiger charge is 2.43. The average molecular weight is 506 g/mol. The van der Waals surface area contributed by atoms with Gasteiger partial charge in [-0.3, -0.25) is 4.99 Å². The number of carboxylic acids is 1. The average Bonchev–Trinajstić information content (AvgIpc) is 2.84. The molecule has 188 valence electrons. The number of benzene rings is 2. The van der Waals surface area contributed by atoms with E-state index >= 15 is 0 Å². The smallest absolute Gasteiger partial charge is 0.332 e. The van der Waals surface area contributed by atoms with Crippen molar-refractivity contribution in [2.24, 2.45) is 10.1 Å². The summed E-state index contributed by atoms with van der Waals surface area (Å²) in [6.07, 6.45) is -4.91. The molecule has 6 atom stereocenters. The molecule has 1 saturated heterocycles. The molecule has 0 spiro atoms. The van der Waals surface area contributed by atoms with Gasteiger partial charge in [-0.05, 0) is 48.2 Å². The van der Waals surface area contributed by atoms with E-state index in [4.69, 9.17) is 31.7 Å². The number of aliphatic imine (C=N–C) groups is 1. The first kappa shape index (κ1) is 26.7. The molecule has 0 radical (unpaired) electrons. The van der Waals surface area contributed by atoms with Gasteiger partial charge in [0.25, 0.3) is 0 Å². The number of rotatable bonds is 10. The van der Waals surface area contributed by atoms with Crippen LogP contribution in [-0.4, -0.2) is 76.2 Å². The SMILES string of the molecule is CCOc1ccc(Cc2cc(C3OC(C=NCC(N=N)C(=O)O)C(O)C(O)C3O)ccc2Cl)cc1. The number of hydrogen-bond donors (Lipinski definition) is 5. The quantitative estimate of drug-likeness (QED) is 0.244. The molecule has 6 unspecified atom stereocenters. The topological polar surface area (TPSA) is 165 Å². The zero-order valence-corrected chi connectivity index (χ0v) is 19.7. The molecule has 0 bridgehead atoms. The molecule has 1 fully saturated rings. The van der Waals surface area contributed by atoms with Gasteiger partial charge in [-0.1, -0.05) is 35.9 Å². The molecule has 2 aromatic carbocycles. The molecule has 0 saturated carbocycles. The fourth-order valence-corrected chi connectivity index (χ4v) is 3.93. The molecule has 1 aliphatic rings. The lowest BCUT2D eigenvalue weighted by molar-refractivity contribution is -0.205. The number of ether oxygens (including phenoxy) is 2. The number of nitrogens with zero attached hydrogens (tertiary/aromatic N) is 2. The summed E-state index contributed by atoms with van der Waals surface area (Å²) in [6, 6.07) is 11.3. The Balaban J connectivity index is 1.79. The van der Waals surface area contributed by atoms with Gasteiger partial charge in [0.05, 0.1) is 13.2 Å². The first-order valence-corrected chi connectivity index (χ1v) is 11.4. The van der Waals surface area contributed by atoms with Crippen molar-refractivity contribution in [3.05, 3.63) is 64.2 Å². The zero-order chi connectivity index (χ0) is 25.5. The number of carbonyl (C=O) groups is 1. The third kappa shape index (κ3) is 6.62. The van der Waals surface area contributed by atoms with Gasteiger partial charge in [-0.25, -0.2) is 10.3 Å². The van der Waals surface area contributed by atoms with Gasteiger partial charge in [0.15, 0.2) is 6.04 Å². The van der Waals surface area contributed by atoms with E-state index in [9.17, 15) is 20.1 Å². The van der Waals surface area contributed by atoms with Crippen LogP contribution in [0.25, 0.3) is 0 Å². The molecule has 0 aromatic heterocycles. The number of aliphatic carboxylic acids is 1. The Kier molecular flexibility index (Phi) is 9.30. The number of aliphatic hydroxyl groups excluding tert-OH is 3. The van der Waals surface area contributed by atoms with E-state index < -0.39 is 42.5 Å². The van der Waals surface area contributed by atoms with Gasteiger partial charge < -0.3 is 29.9 Å². The molecular weight excluding hydrogens is 478 g/mol. The van der Waals surface area contributed by atoms with Crippen LogP contribution in [0.4, 0.5) is 0 Å². The van der Waals surface area contributed by atoms with Crippen LogP contribution < -0.4 is 4.74 Å². The second-order valence-corrected chi connectivity index (χ2v) is 8.50. The zero-order valence-electron chi connectivity index (χ0n) is 19.0.